The summed E-state index contributed by atoms with van der Waals surface area (Å²) in [6.45, 7) is 4.90. The predicted molar refractivity (Wildman–Crippen MR) is 264 cm³/mol. The number of rotatable bonds is 51. The Morgan fingerprint density at radius 2 is 0.770 bits per heavy atom. The van der Waals surface area contributed by atoms with Crippen molar-refractivity contribution in [2.45, 2.75) is 315 Å². The van der Waals surface area contributed by atoms with Gasteiger partial charge in [-0.25, -0.2) is 0 Å². The fraction of sp³-hybridized carbons (Fsp3) is 0.927. The van der Waals surface area contributed by atoms with Crippen LogP contribution in [0.1, 0.15) is 303 Å². The smallest absolute Gasteiger partial charge is 0.305 e. The number of aliphatic hydroxyl groups is 2. The standard InChI is InChI=1S/C55H107NO5/c1-3-5-7-9-11-13-15-17-19-21-23-25-29-33-37-41-45-49-55(60)61-50-46-42-38-34-30-26-28-32-36-40-44-48-54(59)56-52(51-57)53(58)47-43-39-35-31-27-24-22-20-18-16-14-12-10-8-6-4-2/h30,34,52-53,57-58H,3-29,31-33,35-51H2,1-2H3,(H,56,59)/b34-30-. The number of nitrogens with one attached hydrogen (secondary N) is 1. The largest absolute Gasteiger partial charge is 0.466 e. The van der Waals surface area contributed by atoms with Crippen LogP contribution in [0.4, 0.5) is 0 Å². The Morgan fingerprint density at radius 1 is 0.443 bits per heavy atom. The van der Waals surface area contributed by atoms with E-state index in [4.69, 9.17) is 4.74 Å². The summed E-state index contributed by atoms with van der Waals surface area (Å²) >= 11 is 0. The van der Waals surface area contributed by atoms with Crippen LogP contribution >= 0.6 is 0 Å². The highest BCUT2D eigenvalue weighted by Gasteiger charge is 2.20. The molecule has 0 fully saturated rings. The van der Waals surface area contributed by atoms with E-state index in [0.29, 0.717) is 25.9 Å². The van der Waals surface area contributed by atoms with E-state index in [2.05, 4.69) is 31.3 Å². The van der Waals surface area contributed by atoms with Crippen LogP contribution in [0.25, 0.3) is 0 Å². The molecule has 0 radical (unpaired) electrons. The van der Waals surface area contributed by atoms with Crippen molar-refractivity contribution in [3.63, 3.8) is 0 Å². The van der Waals surface area contributed by atoms with E-state index in [1.54, 1.807) is 0 Å². The first-order valence-corrected chi connectivity index (χ1v) is 27.4. The third kappa shape index (κ3) is 47.9. The van der Waals surface area contributed by atoms with Gasteiger partial charge >= 0.3 is 5.97 Å². The summed E-state index contributed by atoms with van der Waals surface area (Å²) in [5.41, 5.74) is 0. The molecule has 0 bridgehead atoms. The fourth-order valence-corrected chi connectivity index (χ4v) is 8.58. The molecule has 0 aliphatic heterocycles. The minimum atomic E-state index is -0.681. The number of carbonyl (C=O) groups excluding carboxylic acids is 2. The van der Waals surface area contributed by atoms with Crippen LogP contribution in [0.2, 0.25) is 0 Å². The molecular weight excluding hydrogens is 755 g/mol. The summed E-state index contributed by atoms with van der Waals surface area (Å²) in [7, 11) is 0. The molecule has 2 atom stereocenters. The Labute approximate surface area is 380 Å². The maximum Gasteiger partial charge on any atom is 0.305 e. The van der Waals surface area contributed by atoms with Crippen molar-refractivity contribution in [3.05, 3.63) is 12.2 Å². The summed E-state index contributed by atoms with van der Waals surface area (Å²) < 4.78 is 5.45. The SMILES string of the molecule is CCCCCCCCCCCCCCCCCCCC(=O)OCCCC/C=C\CCCCCCCC(=O)NC(CO)C(O)CCCCCCCCCCCCCCCCCC. The third-order valence-corrected chi connectivity index (χ3v) is 12.8. The second-order valence-corrected chi connectivity index (χ2v) is 18.9. The molecule has 0 heterocycles. The van der Waals surface area contributed by atoms with Crippen molar-refractivity contribution in [2.24, 2.45) is 0 Å². The lowest BCUT2D eigenvalue weighted by atomic mass is 10.0. The van der Waals surface area contributed by atoms with Gasteiger partial charge in [0.15, 0.2) is 0 Å². The van der Waals surface area contributed by atoms with Gasteiger partial charge in [0, 0.05) is 12.8 Å². The molecule has 0 aliphatic rings. The number of esters is 1. The van der Waals surface area contributed by atoms with Crippen LogP contribution in [0.3, 0.4) is 0 Å². The van der Waals surface area contributed by atoms with Crippen LogP contribution in [0, 0.1) is 0 Å². The zero-order valence-electron chi connectivity index (χ0n) is 41.2. The Balaban J connectivity index is 3.48. The van der Waals surface area contributed by atoms with E-state index in [9.17, 15) is 19.8 Å². The summed E-state index contributed by atoms with van der Waals surface area (Å²) in [5.74, 6) is -0.0884. The highest BCUT2D eigenvalue weighted by molar-refractivity contribution is 5.76. The highest BCUT2D eigenvalue weighted by Crippen LogP contribution is 2.17. The van der Waals surface area contributed by atoms with Gasteiger partial charge in [-0.05, 0) is 51.4 Å². The van der Waals surface area contributed by atoms with E-state index >= 15 is 0 Å². The first-order chi connectivity index (χ1) is 30.0. The van der Waals surface area contributed by atoms with Crippen LogP contribution in [-0.2, 0) is 14.3 Å². The maximum atomic E-state index is 12.5. The normalized spacial score (nSPS) is 12.7. The average molecular weight is 862 g/mol. The van der Waals surface area contributed by atoms with Gasteiger partial charge in [0.25, 0.3) is 0 Å². The van der Waals surface area contributed by atoms with Gasteiger partial charge in [0.05, 0.1) is 25.4 Å². The quantitative estimate of drug-likeness (QED) is 0.0322. The predicted octanol–water partition coefficient (Wildman–Crippen LogP) is 16.5. The van der Waals surface area contributed by atoms with Crippen molar-refractivity contribution >= 4 is 11.9 Å². The van der Waals surface area contributed by atoms with Crippen LogP contribution in [-0.4, -0.2) is 47.4 Å². The molecule has 2 unspecified atom stereocenters. The Kier molecular flexibility index (Phi) is 50.1. The summed E-state index contributed by atoms with van der Waals surface area (Å²) in [4.78, 5) is 24.5. The molecule has 6 heteroatoms. The van der Waals surface area contributed by atoms with Gasteiger partial charge in [-0.15, -0.1) is 0 Å². The zero-order chi connectivity index (χ0) is 44.4. The second-order valence-electron chi connectivity index (χ2n) is 18.9. The maximum absolute atomic E-state index is 12.5. The van der Waals surface area contributed by atoms with E-state index in [1.165, 1.54) is 193 Å². The minimum Gasteiger partial charge on any atom is -0.466 e. The summed E-state index contributed by atoms with van der Waals surface area (Å²) in [6, 6.07) is -0.561. The molecule has 0 spiro atoms. The topological polar surface area (TPSA) is 95.9 Å². The van der Waals surface area contributed by atoms with Crippen LogP contribution in [0.5, 0.6) is 0 Å². The number of ether oxygens (including phenoxy) is 1. The molecule has 0 aromatic rings. The molecule has 1 amide bonds. The Morgan fingerprint density at radius 3 is 1.16 bits per heavy atom. The number of amides is 1. The number of carbonyl (C=O) groups is 2. The zero-order valence-corrected chi connectivity index (χ0v) is 41.2. The van der Waals surface area contributed by atoms with Gasteiger partial charge in [-0.2, -0.15) is 0 Å². The number of allylic oxidation sites excluding steroid dienone is 2. The molecule has 362 valence electrons. The first kappa shape index (κ1) is 59.6. The second kappa shape index (κ2) is 51.2. The van der Waals surface area contributed by atoms with Crippen LogP contribution in [0.15, 0.2) is 12.2 Å². The molecule has 0 aromatic carbocycles. The van der Waals surface area contributed by atoms with Crippen molar-refractivity contribution in [3.8, 4) is 0 Å². The van der Waals surface area contributed by atoms with E-state index in [0.717, 1.165) is 77.0 Å². The van der Waals surface area contributed by atoms with Gasteiger partial charge in [-0.1, -0.05) is 251 Å². The third-order valence-electron chi connectivity index (χ3n) is 12.8. The first-order valence-electron chi connectivity index (χ1n) is 27.4. The van der Waals surface area contributed by atoms with Crippen molar-refractivity contribution < 1.29 is 24.5 Å². The van der Waals surface area contributed by atoms with Crippen LogP contribution < -0.4 is 5.32 Å². The molecule has 3 N–H and O–H groups in total. The molecule has 6 nitrogen and oxygen atoms in total. The van der Waals surface area contributed by atoms with Gasteiger partial charge in [0.2, 0.25) is 5.91 Å². The number of aliphatic hydroxyl groups excluding tert-OH is 2. The molecule has 61 heavy (non-hydrogen) atoms. The van der Waals surface area contributed by atoms with Gasteiger partial charge < -0.3 is 20.3 Å². The summed E-state index contributed by atoms with van der Waals surface area (Å²) in [6.07, 6.45) is 59.1. The van der Waals surface area contributed by atoms with E-state index in [1.807, 2.05) is 0 Å². The molecule has 0 aromatic heterocycles. The highest BCUT2D eigenvalue weighted by atomic mass is 16.5. The van der Waals surface area contributed by atoms with E-state index < -0.39 is 12.1 Å². The lowest BCUT2D eigenvalue weighted by molar-refractivity contribution is -0.143. The Hall–Kier alpha value is -1.40. The van der Waals surface area contributed by atoms with E-state index in [-0.39, 0.29) is 18.5 Å². The fourth-order valence-electron chi connectivity index (χ4n) is 8.58. The van der Waals surface area contributed by atoms with Crippen molar-refractivity contribution in [2.75, 3.05) is 13.2 Å². The van der Waals surface area contributed by atoms with Gasteiger partial charge in [0.1, 0.15) is 0 Å². The Bertz CT molecular complexity index is 909. The summed E-state index contributed by atoms with van der Waals surface area (Å²) in [5, 5.41) is 23.2. The monoisotopic (exact) mass is 862 g/mol. The number of unbranched alkanes of at least 4 members (excludes halogenated alkanes) is 38. The lowest BCUT2D eigenvalue weighted by Crippen LogP contribution is -2.45. The molecule has 0 saturated heterocycles. The molecule has 0 aliphatic carbocycles. The molecule has 0 rings (SSSR count). The number of hydrogen-bond acceptors (Lipinski definition) is 5. The minimum absolute atomic E-state index is 0.0267. The van der Waals surface area contributed by atoms with Crippen molar-refractivity contribution in [1.29, 1.82) is 0 Å². The van der Waals surface area contributed by atoms with Gasteiger partial charge in [-0.3, -0.25) is 9.59 Å². The van der Waals surface area contributed by atoms with Crippen molar-refractivity contribution in [1.82, 2.24) is 5.32 Å². The average Bonchev–Trinajstić information content (AvgIpc) is 3.26. The number of hydrogen-bond donors (Lipinski definition) is 3. The lowest BCUT2D eigenvalue weighted by Gasteiger charge is -2.22. The molecular formula is C55H107NO5. The molecule has 0 saturated carbocycles.